The number of hydrogen-bond acceptors (Lipinski definition) is 4. The fourth-order valence-corrected chi connectivity index (χ4v) is 3.47. The predicted molar refractivity (Wildman–Crippen MR) is 81.3 cm³/mol. The molecule has 1 N–H and O–H groups in total. The van der Waals surface area contributed by atoms with Crippen LogP contribution < -0.4 is 4.90 Å². The number of likely N-dealkylation sites (tertiary alicyclic amines) is 1. The van der Waals surface area contributed by atoms with E-state index in [0.29, 0.717) is 26.1 Å². The van der Waals surface area contributed by atoms with Crippen LogP contribution in [0, 0.1) is 0 Å². The maximum absolute atomic E-state index is 12.8. The normalized spacial score (nSPS) is 26.7. The molecule has 0 spiro atoms. The van der Waals surface area contributed by atoms with E-state index in [0.717, 1.165) is 32.0 Å². The summed E-state index contributed by atoms with van der Waals surface area (Å²) in [4.78, 5) is 7.72. The maximum atomic E-state index is 12.8. The molecule has 1 aromatic heterocycles. The Morgan fingerprint density at radius 1 is 1.13 bits per heavy atom. The van der Waals surface area contributed by atoms with Gasteiger partial charge in [-0.1, -0.05) is 12.5 Å². The second-order valence-corrected chi connectivity index (χ2v) is 6.61. The van der Waals surface area contributed by atoms with Gasteiger partial charge in [0.05, 0.1) is 5.60 Å². The van der Waals surface area contributed by atoms with Crippen molar-refractivity contribution in [1.29, 1.82) is 0 Å². The van der Waals surface area contributed by atoms with Crippen molar-refractivity contribution in [2.75, 3.05) is 37.6 Å². The summed E-state index contributed by atoms with van der Waals surface area (Å²) in [5.74, 6) is 0.286. The third-order valence-corrected chi connectivity index (χ3v) is 4.65. The Balaban J connectivity index is 1.67. The molecule has 0 bridgehead atoms. The van der Waals surface area contributed by atoms with Gasteiger partial charge >= 0.3 is 6.18 Å². The highest BCUT2D eigenvalue weighted by atomic mass is 19.4. The summed E-state index contributed by atoms with van der Waals surface area (Å²) in [6.45, 7) is 3.42. The van der Waals surface area contributed by atoms with Crippen molar-refractivity contribution in [3.63, 3.8) is 0 Å². The first kappa shape index (κ1) is 16.5. The Morgan fingerprint density at radius 2 is 1.87 bits per heavy atom. The molecule has 0 aliphatic carbocycles. The fraction of sp³-hybridized carbons (Fsp3) is 0.688. The van der Waals surface area contributed by atoms with Gasteiger partial charge in [0.1, 0.15) is 11.5 Å². The molecule has 4 nitrogen and oxygen atoms in total. The Hall–Kier alpha value is -1.34. The largest absolute Gasteiger partial charge is 0.433 e. The number of alkyl halides is 3. The van der Waals surface area contributed by atoms with Gasteiger partial charge in [-0.3, -0.25) is 0 Å². The number of halogens is 3. The van der Waals surface area contributed by atoms with Gasteiger partial charge in [0.15, 0.2) is 0 Å². The average Bonchev–Trinajstić information content (AvgIpc) is 2.90. The van der Waals surface area contributed by atoms with E-state index < -0.39 is 17.5 Å². The van der Waals surface area contributed by atoms with Gasteiger partial charge in [-0.05, 0) is 44.5 Å². The van der Waals surface area contributed by atoms with Crippen molar-refractivity contribution in [1.82, 2.24) is 9.88 Å². The monoisotopic (exact) mass is 329 g/mol. The molecule has 3 rings (SSSR count). The number of anilines is 1. The lowest BCUT2D eigenvalue weighted by atomic mass is 10.0. The molecular weight excluding hydrogens is 307 g/mol. The SMILES string of the molecule is O[C@@]1(CN2CCCCC2)CCN(c2cccc(C(F)(F)F)n2)C1. The van der Waals surface area contributed by atoms with Gasteiger partial charge in [-0.2, -0.15) is 13.2 Å². The molecule has 2 fully saturated rings. The molecule has 0 aromatic carbocycles. The van der Waals surface area contributed by atoms with Crippen LogP contribution in [0.1, 0.15) is 31.4 Å². The first-order valence-electron chi connectivity index (χ1n) is 8.10. The summed E-state index contributed by atoms with van der Waals surface area (Å²) in [5, 5.41) is 10.8. The lowest BCUT2D eigenvalue weighted by molar-refractivity contribution is -0.141. The van der Waals surface area contributed by atoms with Gasteiger partial charge in [-0.25, -0.2) is 4.98 Å². The minimum atomic E-state index is -4.44. The third-order valence-electron chi connectivity index (χ3n) is 4.65. The summed E-state index contributed by atoms with van der Waals surface area (Å²) in [6, 6.07) is 3.91. The minimum Gasteiger partial charge on any atom is -0.387 e. The first-order valence-corrected chi connectivity index (χ1v) is 8.10. The van der Waals surface area contributed by atoms with Gasteiger partial charge in [-0.15, -0.1) is 0 Å². The molecule has 1 aromatic rings. The molecule has 7 heteroatoms. The summed E-state index contributed by atoms with van der Waals surface area (Å²) in [7, 11) is 0. The Labute approximate surface area is 133 Å². The van der Waals surface area contributed by atoms with E-state index >= 15 is 0 Å². The van der Waals surface area contributed by atoms with Crippen LogP contribution >= 0.6 is 0 Å². The summed E-state index contributed by atoms with van der Waals surface area (Å²) < 4.78 is 38.3. The topological polar surface area (TPSA) is 39.6 Å². The Bertz CT molecular complexity index is 546. The molecular formula is C16H22F3N3O. The van der Waals surface area contributed by atoms with E-state index in [1.54, 1.807) is 11.0 Å². The zero-order valence-electron chi connectivity index (χ0n) is 13.0. The van der Waals surface area contributed by atoms with Gasteiger partial charge in [0, 0.05) is 19.6 Å². The van der Waals surface area contributed by atoms with E-state index in [1.165, 1.54) is 12.5 Å². The van der Waals surface area contributed by atoms with Crippen LogP contribution in [0.25, 0.3) is 0 Å². The quantitative estimate of drug-likeness (QED) is 0.925. The minimum absolute atomic E-state index is 0.286. The number of hydrogen-bond donors (Lipinski definition) is 1. The predicted octanol–water partition coefficient (Wildman–Crippen LogP) is 2.53. The Kier molecular flexibility index (Phi) is 4.51. The van der Waals surface area contributed by atoms with Crippen LogP contribution in [0.2, 0.25) is 0 Å². The third kappa shape index (κ3) is 3.95. The lowest BCUT2D eigenvalue weighted by Gasteiger charge is -2.33. The standard InChI is InChI=1S/C16H22F3N3O/c17-16(18,19)13-5-4-6-14(20-13)22-10-7-15(23,12-22)11-21-8-2-1-3-9-21/h4-6,23H,1-3,7-12H2/t15-/m1/s1. The highest BCUT2D eigenvalue weighted by molar-refractivity contribution is 5.42. The molecule has 0 saturated carbocycles. The maximum Gasteiger partial charge on any atom is 0.433 e. The van der Waals surface area contributed by atoms with Crippen molar-refractivity contribution in [2.24, 2.45) is 0 Å². The number of pyridine rings is 1. The van der Waals surface area contributed by atoms with Crippen LogP contribution in [0.15, 0.2) is 18.2 Å². The first-order chi connectivity index (χ1) is 10.9. The molecule has 1 atom stereocenters. The number of aliphatic hydroxyl groups is 1. The molecule has 0 amide bonds. The molecule has 3 heterocycles. The fourth-order valence-electron chi connectivity index (χ4n) is 3.47. The lowest BCUT2D eigenvalue weighted by Crippen LogP contribution is -2.46. The number of aromatic nitrogens is 1. The van der Waals surface area contributed by atoms with E-state index in [9.17, 15) is 18.3 Å². The van der Waals surface area contributed by atoms with E-state index in [-0.39, 0.29) is 5.82 Å². The van der Waals surface area contributed by atoms with Crippen LogP contribution in [-0.4, -0.2) is 53.3 Å². The highest BCUT2D eigenvalue weighted by Crippen LogP contribution is 2.31. The van der Waals surface area contributed by atoms with Gasteiger partial charge in [0.25, 0.3) is 0 Å². The number of nitrogens with zero attached hydrogens (tertiary/aromatic N) is 3. The molecule has 0 unspecified atom stereocenters. The van der Waals surface area contributed by atoms with Gasteiger partial charge < -0.3 is 14.9 Å². The van der Waals surface area contributed by atoms with Crippen molar-refractivity contribution >= 4 is 5.82 Å². The molecule has 2 saturated heterocycles. The molecule has 0 radical (unpaired) electrons. The van der Waals surface area contributed by atoms with Crippen LogP contribution in [0.3, 0.4) is 0 Å². The van der Waals surface area contributed by atoms with Gasteiger partial charge in [0.2, 0.25) is 0 Å². The second-order valence-electron chi connectivity index (χ2n) is 6.61. The smallest absolute Gasteiger partial charge is 0.387 e. The van der Waals surface area contributed by atoms with Crippen LogP contribution in [0.4, 0.5) is 19.0 Å². The highest BCUT2D eigenvalue weighted by Gasteiger charge is 2.39. The van der Waals surface area contributed by atoms with Crippen LogP contribution in [0.5, 0.6) is 0 Å². The van der Waals surface area contributed by atoms with Crippen molar-refractivity contribution < 1.29 is 18.3 Å². The zero-order valence-corrected chi connectivity index (χ0v) is 13.0. The molecule has 23 heavy (non-hydrogen) atoms. The van der Waals surface area contributed by atoms with Crippen LogP contribution in [-0.2, 0) is 6.18 Å². The second kappa shape index (κ2) is 6.28. The van der Waals surface area contributed by atoms with E-state index in [2.05, 4.69) is 9.88 Å². The summed E-state index contributed by atoms with van der Waals surface area (Å²) in [6.07, 6.45) is -0.361. The zero-order chi connectivity index (χ0) is 16.5. The average molecular weight is 329 g/mol. The Morgan fingerprint density at radius 3 is 2.57 bits per heavy atom. The number of rotatable bonds is 3. The van der Waals surface area contributed by atoms with Crippen molar-refractivity contribution in [3.8, 4) is 0 Å². The van der Waals surface area contributed by atoms with Crippen molar-refractivity contribution in [3.05, 3.63) is 23.9 Å². The number of β-amino-alcohol motifs (C(OH)–C–C–N with tert-alkyl or cyclic N) is 1. The van der Waals surface area contributed by atoms with E-state index in [4.69, 9.17) is 0 Å². The molecule has 2 aliphatic rings. The van der Waals surface area contributed by atoms with E-state index in [1.807, 2.05) is 0 Å². The number of piperidine rings is 1. The molecule has 2 aliphatic heterocycles. The van der Waals surface area contributed by atoms with Crippen molar-refractivity contribution in [2.45, 2.75) is 37.5 Å². The molecule has 128 valence electrons. The summed E-state index contributed by atoms with van der Waals surface area (Å²) >= 11 is 0. The summed E-state index contributed by atoms with van der Waals surface area (Å²) in [5.41, 5.74) is -1.76.